The van der Waals surface area contributed by atoms with E-state index in [1.54, 1.807) is 18.7 Å². The summed E-state index contributed by atoms with van der Waals surface area (Å²) in [5.74, 6) is -0.271. The first-order chi connectivity index (χ1) is 13.2. The summed E-state index contributed by atoms with van der Waals surface area (Å²) in [6.45, 7) is 0.502. The number of aromatic nitrogens is 5. The Morgan fingerprint density at radius 3 is 2.89 bits per heavy atom. The number of pyridine rings is 1. The van der Waals surface area contributed by atoms with Gasteiger partial charge in [-0.05, 0) is 35.9 Å². The van der Waals surface area contributed by atoms with Crippen LogP contribution in [0.5, 0.6) is 0 Å². The van der Waals surface area contributed by atoms with Gasteiger partial charge < -0.3 is 14.0 Å². The minimum atomic E-state index is -0.271. The average Bonchev–Trinajstić information content (AvgIpc) is 3.29. The van der Waals surface area contributed by atoms with E-state index in [2.05, 4.69) is 25.4 Å². The summed E-state index contributed by atoms with van der Waals surface area (Å²) >= 11 is 0. The monoisotopic (exact) mass is 358 g/mol. The Morgan fingerprint density at radius 2 is 2.00 bits per heavy atom. The number of nitrogens with zero attached hydrogens (tertiary/aromatic N) is 4. The minimum Gasteiger partial charge on any atom is -0.340 e. The second-order valence-electron chi connectivity index (χ2n) is 6.35. The summed E-state index contributed by atoms with van der Waals surface area (Å²) in [6, 6.07) is 14.6. The van der Waals surface area contributed by atoms with Crippen molar-refractivity contribution in [2.24, 2.45) is 0 Å². The quantitative estimate of drug-likeness (QED) is 0.519. The first kappa shape index (κ1) is 15.5. The fourth-order valence-electron chi connectivity index (χ4n) is 3.48. The molecule has 0 saturated heterocycles. The van der Waals surface area contributed by atoms with Gasteiger partial charge >= 0.3 is 0 Å². The van der Waals surface area contributed by atoms with E-state index in [0.29, 0.717) is 17.7 Å². The standard InChI is InChI=1S/C20H15FN6/c21-15-5-3-4-13(8-15)18-14(9-16-6-1-2-7-27(16)18)10-26-12-25-19(22)17-20(26)24-11-23-17/h1-9,11-12,22H,10H2,(H,23,24). The number of aromatic amines is 1. The van der Waals surface area contributed by atoms with E-state index in [-0.39, 0.29) is 11.3 Å². The van der Waals surface area contributed by atoms with Crippen molar-refractivity contribution in [3.05, 3.63) is 84.3 Å². The molecule has 0 amide bonds. The average molecular weight is 358 g/mol. The van der Waals surface area contributed by atoms with Gasteiger partial charge in [0.15, 0.2) is 11.1 Å². The molecule has 4 heterocycles. The van der Waals surface area contributed by atoms with E-state index >= 15 is 0 Å². The van der Waals surface area contributed by atoms with Gasteiger partial charge in [-0.25, -0.2) is 14.4 Å². The van der Waals surface area contributed by atoms with Crippen molar-refractivity contribution < 1.29 is 4.39 Å². The molecule has 0 fully saturated rings. The molecule has 0 aliphatic carbocycles. The molecule has 5 rings (SSSR count). The second kappa shape index (κ2) is 5.91. The van der Waals surface area contributed by atoms with Crippen LogP contribution in [0.4, 0.5) is 4.39 Å². The number of hydrogen-bond donors (Lipinski definition) is 2. The molecule has 0 atom stereocenters. The largest absolute Gasteiger partial charge is 0.340 e. The summed E-state index contributed by atoms with van der Waals surface area (Å²) in [4.78, 5) is 11.4. The van der Waals surface area contributed by atoms with Crippen LogP contribution in [0.2, 0.25) is 0 Å². The van der Waals surface area contributed by atoms with Crippen LogP contribution in [-0.4, -0.2) is 23.9 Å². The van der Waals surface area contributed by atoms with Gasteiger partial charge in [-0.15, -0.1) is 0 Å². The summed E-state index contributed by atoms with van der Waals surface area (Å²) in [5, 5.41) is 7.90. The molecule has 0 aliphatic heterocycles. The van der Waals surface area contributed by atoms with Crippen molar-refractivity contribution in [3.63, 3.8) is 0 Å². The van der Waals surface area contributed by atoms with Gasteiger partial charge in [0.1, 0.15) is 11.3 Å². The highest BCUT2D eigenvalue weighted by molar-refractivity contribution is 5.73. The molecule has 132 valence electrons. The molecule has 0 radical (unpaired) electrons. The lowest BCUT2D eigenvalue weighted by molar-refractivity contribution is 0.628. The Labute approximate surface area is 153 Å². The van der Waals surface area contributed by atoms with E-state index < -0.39 is 0 Å². The fraction of sp³-hybridized carbons (Fsp3) is 0.0500. The molecule has 0 unspecified atom stereocenters. The molecule has 0 aliphatic rings. The third kappa shape index (κ3) is 2.52. The Balaban J connectivity index is 1.73. The highest BCUT2D eigenvalue weighted by atomic mass is 19.1. The molecular weight excluding hydrogens is 343 g/mol. The molecule has 6 nitrogen and oxygen atoms in total. The maximum atomic E-state index is 13.9. The predicted molar refractivity (Wildman–Crippen MR) is 99.6 cm³/mol. The normalized spacial score (nSPS) is 11.4. The minimum absolute atomic E-state index is 0.158. The molecular formula is C20H15FN6. The zero-order valence-corrected chi connectivity index (χ0v) is 14.2. The highest BCUT2D eigenvalue weighted by Crippen LogP contribution is 2.29. The van der Waals surface area contributed by atoms with E-state index in [1.807, 2.05) is 35.0 Å². The highest BCUT2D eigenvalue weighted by Gasteiger charge is 2.14. The molecule has 5 aromatic rings. The third-order valence-corrected chi connectivity index (χ3v) is 4.65. The summed E-state index contributed by atoms with van der Waals surface area (Å²) < 4.78 is 17.8. The van der Waals surface area contributed by atoms with E-state index in [1.165, 1.54) is 12.1 Å². The number of benzene rings is 1. The Kier molecular flexibility index (Phi) is 3.39. The molecule has 4 aromatic heterocycles. The Hall–Kier alpha value is -3.74. The van der Waals surface area contributed by atoms with Crippen LogP contribution in [0.15, 0.2) is 67.4 Å². The number of hydrogen-bond acceptors (Lipinski definition) is 3. The van der Waals surface area contributed by atoms with Gasteiger partial charge in [0, 0.05) is 17.3 Å². The van der Waals surface area contributed by atoms with Crippen LogP contribution in [-0.2, 0) is 6.54 Å². The van der Waals surface area contributed by atoms with E-state index in [0.717, 1.165) is 22.3 Å². The van der Waals surface area contributed by atoms with E-state index in [4.69, 9.17) is 5.41 Å². The molecule has 7 heteroatoms. The molecule has 1 aromatic carbocycles. The maximum Gasteiger partial charge on any atom is 0.173 e. The predicted octanol–water partition coefficient (Wildman–Crippen LogP) is 3.35. The Morgan fingerprint density at radius 1 is 1.07 bits per heavy atom. The lowest BCUT2D eigenvalue weighted by Crippen LogP contribution is -2.13. The fourth-order valence-corrected chi connectivity index (χ4v) is 3.48. The van der Waals surface area contributed by atoms with Crippen molar-refractivity contribution in [1.29, 1.82) is 5.41 Å². The lowest BCUT2D eigenvalue weighted by Gasteiger charge is -2.10. The Bertz CT molecular complexity index is 1340. The number of rotatable bonds is 3. The number of halogens is 1. The van der Waals surface area contributed by atoms with Gasteiger partial charge in [0.25, 0.3) is 0 Å². The first-order valence-corrected chi connectivity index (χ1v) is 8.49. The van der Waals surface area contributed by atoms with Gasteiger partial charge in [0.05, 0.1) is 24.9 Å². The maximum absolute atomic E-state index is 13.9. The molecule has 0 bridgehead atoms. The first-order valence-electron chi connectivity index (χ1n) is 8.49. The van der Waals surface area contributed by atoms with Gasteiger partial charge in [0.2, 0.25) is 0 Å². The van der Waals surface area contributed by atoms with Gasteiger partial charge in [-0.1, -0.05) is 18.2 Å². The van der Waals surface area contributed by atoms with Crippen molar-refractivity contribution in [2.75, 3.05) is 0 Å². The lowest BCUT2D eigenvalue weighted by atomic mass is 10.1. The van der Waals surface area contributed by atoms with Crippen LogP contribution < -0.4 is 5.49 Å². The van der Waals surface area contributed by atoms with Crippen molar-refractivity contribution in [3.8, 4) is 11.3 Å². The summed E-state index contributed by atoms with van der Waals surface area (Å²) in [6.07, 6.45) is 5.15. The van der Waals surface area contributed by atoms with Gasteiger partial charge in [-0.2, -0.15) is 0 Å². The van der Waals surface area contributed by atoms with Crippen molar-refractivity contribution in [2.45, 2.75) is 6.54 Å². The topological polar surface area (TPSA) is 74.8 Å². The number of H-pyrrole nitrogens is 1. The molecule has 0 saturated carbocycles. The zero-order valence-electron chi connectivity index (χ0n) is 14.2. The summed E-state index contributed by atoms with van der Waals surface area (Å²) in [7, 11) is 0. The number of nitrogens with one attached hydrogen (secondary N) is 2. The molecule has 0 spiro atoms. The zero-order chi connectivity index (χ0) is 18.4. The van der Waals surface area contributed by atoms with Crippen LogP contribution in [0.3, 0.4) is 0 Å². The number of imidazole rings is 1. The number of fused-ring (bicyclic) bond motifs is 2. The van der Waals surface area contributed by atoms with Crippen LogP contribution in [0.1, 0.15) is 5.56 Å². The second-order valence-corrected chi connectivity index (χ2v) is 6.35. The van der Waals surface area contributed by atoms with E-state index in [9.17, 15) is 4.39 Å². The SMILES string of the molecule is N=c1ncn(Cc2cc3ccccn3c2-c2cccc(F)c2)c2nc[nH]c12. The molecule has 2 N–H and O–H groups in total. The van der Waals surface area contributed by atoms with Crippen LogP contribution in [0, 0.1) is 11.2 Å². The van der Waals surface area contributed by atoms with Crippen molar-refractivity contribution in [1.82, 2.24) is 23.9 Å². The summed E-state index contributed by atoms with van der Waals surface area (Å²) in [5.41, 5.74) is 5.18. The molecule has 27 heavy (non-hydrogen) atoms. The van der Waals surface area contributed by atoms with Crippen LogP contribution >= 0.6 is 0 Å². The van der Waals surface area contributed by atoms with Gasteiger partial charge in [-0.3, -0.25) is 5.41 Å². The third-order valence-electron chi connectivity index (χ3n) is 4.65. The van der Waals surface area contributed by atoms with Crippen molar-refractivity contribution >= 4 is 16.7 Å². The smallest absolute Gasteiger partial charge is 0.173 e. The van der Waals surface area contributed by atoms with Crippen LogP contribution in [0.25, 0.3) is 27.9 Å².